The molecule has 1 nitrogen and oxygen atoms in total. The summed E-state index contributed by atoms with van der Waals surface area (Å²) < 4.78 is 0.218. The molecule has 0 heterocycles. The van der Waals surface area contributed by atoms with Gasteiger partial charge < -0.3 is 5.11 Å². The van der Waals surface area contributed by atoms with Gasteiger partial charge in [0.25, 0.3) is 0 Å². The maximum Gasteiger partial charge on any atom is 0.0932 e. The molecular weight excluding hydrogens is 390 g/mol. The average Bonchev–Trinajstić information content (AvgIpc) is 2.15. The van der Waals surface area contributed by atoms with E-state index in [2.05, 4.69) is 45.2 Å². The Balaban J connectivity index is 2.59. The van der Waals surface area contributed by atoms with Gasteiger partial charge in [-0.15, -0.1) is 0 Å². The van der Waals surface area contributed by atoms with Crippen LogP contribution < -0.4 is 0 Å². The van der Waals surface area contributed by atoms with Crippen LogP contribution in [0.5, 0.6) is 0 Å². The third-order valence-electron chi connectivity index (χ3n) is 1.54. The van der Waals surface area contributed by atoms with Gasteiger partial charge in [0, 0.05) is 0 Å². The molecule has 0 aliphatic heterocycles. The van der Waals surface area contributed by atoms with E-state index in [1.807, 2.05) is 42.5 Å². The predicted molar refractivity (Wildman–Crippen MR) is 73.3 cm³/mol. The Hall–Kier alpha value is 0.380. The van der Waals surface area contributed by atoms with Crippen molar-refractivity contribution in [2.45, 2.75) is 8.04 Å². The summed E-state index contributed by atoms with van der Waals surface area (Å²) in [6.07, 6.45) is 3.38. The van der Waals surface area contributed by atoms with E-state index in [9.17, 15) is 5.11 Å². The lowest BCUT2D eigenvalue weighted by Gasteiger charge is -2.05. The summed E-state index contributed by atoms with van der Waals surface area (Å²) in [5.41, 5.74) is 1.12. The van der Waals surface area contributed by atoms with Gasteiger partial charge in [0.15, 0.2) is 0 Å². The molecule has 13 heavy (non-hydrogen) atoms. The first-order valence-corrected chi connectivity index (χ1v) is 6.39. The molecule has 0 aliphatic rings. The van der Waals surface area contributed by atoms with Gasteiger partial charge in [-0.2, -0.15) is 0 Å². The van der Waals surface area contributed by atoms with Crippen molar-refractivity contribution in [1.82, 2.24) is 0 Å². The van der Waals surface area contributed by atoms with Gasteiger partial charge in [0.2, 0.25) is 0 Å². The first kappa shape index (κ1) is 11.5. The summed E-state index contributed by atoms with van der Waals surface area (Å²) in [4.78, 5) is 0. The van der Waals surface area contributed by atoms with Gasteiger partial charge in [-0.1, -0.05) is 87.7 Å². The Kier molecular flexibility index (Phi) is 5.27. The van der Waals surface area contributed by atoms with Gasteiger partial charge in [0.1, 0.15) is 0 Å². The predicted octanol–water partition coefficient (Wildman–Crippen LogP) is 3.26. The number of rotatable bonds is 3. The Morgan fingerprint density at radius 3 is 2.31 bits per heavy atom. The number of hydrogen-bond acceptors (Lipinski definition) is 1. The molecule has 0 amide bonds. The van der Waals surface area contributed by atoms with Crippen LogP contribution in [0.1, 0.15) is 5.56 Å². The second-order valence-electron chi connectivity index (χ2n) is 2.59. The summed E-state index contributed by atoms with van der Waals surface area (Å²) >= 11 is 4.39. The second-order valence-corrected chi connectivity index (χ2v) is 7.66. The lowest BCUT2D eigenvalue weighted by atomic mass is 10.2. The molecule has 0 aliphatic carbocycles. The van der Waals surface area contributed by atoms with Crippen molar-refractivity contribution in [1.29, 1.82) is 0 Å². The fourth-order valence-electron chi connectivity index (χ4n) is 0.858. The molecule has 0 fully saturated rings. The number of alkyl halides is 2. The standard InChI is InChI=1S/C10H10I2O/c11-10(12)9(13)7-6-8-4-2-1-3-5-8/h1-7,9-10,13H/b7-6+. The molecule has 1 N–H and O–H groups in total. The van der Waals surface area contributed by atoms with Crippen LogP contribution in [0.2, 0.25) is 0 Å². The maximum atomic E-state index is 9.49. The molecule has 70 valence electrons. The molecule has 1 rings (SSSR count). The summed E-state index contributed by atoms with van der Waals surface area (Å²) in [7, 11) is 0. The fourth-order valence-corrected chi connectivity index (χ4v) is 1.34. The smallest absolute Gasteiger partial charge is 0.0932 e. The van der Waals surface area contributed by atoms with Gasteiger partial charge in [0.05, 0.1) is 8.04 Å². The minimum atomic E-state index is -0.374. The van der Waals surface area contributed by atoms with Crippen molar-refractivity contribution in [2.75, 3.05) is 0 Å². The van der Waals surface area contributed by atoms with Crippen LogP contribution in [0.25, 0.3) is 6.08 Å². The van der Waals surface area contributed by atoms with Gasteiger partial charge in [-0.05, 0) is 5.56 Å². The Morgan fingerprint density at radius 2 is 1.77 bits per heavy atom. The minimum Gasteiger partial charge on any atom is -0.387 e. The molecule has 3 heteroatoms. The van der Waals surface area contributed by atoms with Crippen LogP contribution in [0.4, 0.5) is 0 Å². The largest absolute Gasteiger partial charge is 0.387 e. The van der Waals surface area contributed by atoms with Crippen LogP contribution in [0.15, 0.2) is 36.4 Å². The van der Waals surface area contributed by atoms with Crippen LogP contribution >= 0.6 is 45.2 Å². The van der Waals surface area contributed by atoms with Crippen molar-refractivity contribution >= 4 is 51.3 Å². The van der Waals surface area contributed by atoms with E-state index in [1.54, 1.807) is 0 Å². The van der Waals surface area contributed by atoms with Crippen LogP contribution in [-0.2, 0) is 0 Å². The number of benzene rings is 1. The third kappa shape index (κ3) is 4.42. The van der Waals surface area contributed by atoms with Crippen LogP contribution in [-0.4, -0.2) is 13.1 Å². The van der Waals surface area contributed by atoms with E-state index in [0.717, 1.165) is 5.56 Å². The molecule has 0 bridgehead atoms. The molecule has 0 spiro atoms. The topological polar surface area (TPSA) is 20.2 Å². The quantitative estimate of drug-likeness (QED) is 0.611. The number of hydrogen-bond donors (Lipinski definition) is 1. The number of halogens is 2. The van der Waals surface area contributed by atoms with E-state index in [-0.39, 0.29) is 8.04 Å². The zero-order chi connectivity index (χ0) is 9.68. The first-order chi connectivity index (χ1) is 6.20. The zero-order valence-corrected chi connectivity index (χ0v) is 11.2. The average molecular weight is 400 g/mol. The number of aliphatic hydroxyl groups excluding tert-OH is 1. The molecule has 1 aromatic rings. The summed E-state index contributed by atoms with van der Waals surface area (Å²) in [5, 5.41) is 9.49. The van der Waals surface area contributed by atoms with Crippen molar-refractivity contribution in [3.05, 3.63) is 42.0 Å². The Morgan fingerprint density at radius 1 is 1.15 bits per heavy atom. The lowest BCUT2D eigenvalue weighted by Crippen LogP contribution is -2.09. The van der Waals surface area contributed by atoms with Gasteiger partial charge in [-0.3, -0.25) is 0 Å². The monoisotopic (exact) mass is 400 g/mol. The molecule has 0 saturated heterocycles. The van der Waals surface area contributed by atoms with Crippen molar-refractivity contribution < 1.29 is 5.11 Å². The highest BCUT2D eigenvalue weighted by molar-refractivity contribution is 14.2. The Labute approximate surface area is 106 Å². The normalized spacial score (nSPS) is 13.8. The molecule has 0 radical (unpaired) electrons. The summed E-state index contributed by atoms with van der Waals surface area (Å²) in [5.74, 6) is 0. The highest BCUT2D eigenvalue weighted by atomic mass is 127. The molecule has 0 aromatic heterocycles. The zero-order valence-electron chi connectivity index (χ0n) is 6.90. The van der Waals surface area contributed by atoms with E-state index in [1.165, 1.54) is 0 Å². The molecule has 1 aromatic carbocycles. The van der Waals surface area contributed by atoms with Crippen LogP contribution in [0.3, 0.4) is 0 Å². The van der Waals surface area contributed by atoms with E-state index in [0.29, 0.717) is 0 Å². The van der Waals surface area contributed by atoms with E-state index < -0.39 is 0 Å². The second kappa shape index (κ2) is 5.98. The molecular formula is C10H10I2O. The van der Waals surface area contributed by atoms with Crippen LogP contribution in [0, 0.1) is 0 Å². The van der Waals surface area contributed by atoms with E-state index in [4.69, 9.17) is 0 Å². The van der Waals surface area contributed by atoms with Gasteiger partial charge in [-0.25, -0.2) is 0 Å². The third-order valence-corrected chi connectivity index (χ3v) is 3.02. The summed E-state index contributed by atoms with van der Waals surface area (Å²) in [6.45, 7) is 0. The fraction of sp³-hybridized carbons (Fsp3) is 0.200. The summed E-state index contributed by atoms with van der Waals surface area (Å²) in [6, 6.07) is 9.97. The SMILES string of the molecule is OC(/C=C/c1ccccc1)C(I)I. The minimum absolute atomic E-state index is 0.218. The van der Waals surface area contributed by atoms with Crippen molar-refractivity contribution in [3.8, 4) is 0 Å². The van der Waals surface area contributed by atoms with Gasteiger partial charge >= 0.3 is 0 Å². The number of aliphatic hydroxyl groups is 1. The van der Waals surface area contributed by atoms with Crippen molar-refractivity contribution in [2.24, 2.45) is 0 Å². The van der Waals surface area contributed by atoms with E-state index >= 15 is 0 Å². The molecule has 1 atom stereocenters. The molecule has 0 saturated carbocycles. The lowest BCUT2D eigenvalue weighted by molar-refractivity contribution is 0.248. The first-order valence-electron chi connectivity index (χ1n) is 3.89. The Bertz CT molecular complexity index is 270. The maximum absolute atomic E-state index is 9.49. The highest BCUT2D eigenvalue weighted by Crippen LogP contribution is 2.16. The molecule has 1 unspecified atom stereocenters. The highest BCUT2D eigenvalue weighted by Gasteiger charge is 2.06. The van der Waals surface area contributed by atoms with Crippen molar-refractivity contribution in [3.63, 3.8) is 0 Å².